The van der Waals surface area contributed by atoms with Gasteiger partial charge in [-0.2, -0.15) is 0 Å². The standard InChI is InChI=1S/C20H27N/c1-15-5-9-17(10-6-15)18(14-21)13-16-7-11-19(12-8-16)20(2,3)4/h5-12,18H,13-14,21H2,1-4H3. The molecule has 2 aromatic rings. The second-order valence-electron chi connectivity index (χ2n) is 6.99. The first kappa shape index (κ1) is 15.8. The lowest BCUT2D eigenvalue weighted by Crippen LogP contribution is -2.15. The van der Waals surface area contributed by atoms with E-state index in [4.69, 9.17) is 5.73 Å². The first-order valence-electron chi connectivity index (χ1n) is 7.76. The van der Waals surface area contributed by atoms with Gasteiger partial charge in [-0.3, -0.25) is 0 Å². The summed E-state index contributed by atoms with van der Waals surface area (Å²) in [5.41, 5.74) is 11.6. The van der Waals surface area contributed by atoms with Crippen LogP contribution in [0.3, 0.4) is 0 Å². The normalized spacial score (nSPS) is 13.2. The van der Waals surface area contributed by atoms with E-state index in [1.807, 2.05) is 0 Å². The molecule has 0 fully saturated rings. The van der Waals surface area contributed by atoms with Crippen LogP contribution >= 0.6 is 0 Å². The fourth-order valence-corrected chi connectivity index (χ4v) is 2.60. The van der Waals surface area contributed by atoms with Crippen LogP contribution in [-0.4, -0.2) is 6.54 Å². The minimum atomic E-state index is 0.211. The Morgan fingerprint density at radius 3 is 1.95 bits per heavy atom. The van der Waals surface area contributed by atoms with Crippen LogP contribution in [0.1, 0.15) is 48.9 Å². The fourth-order valence-electron chi connectivity index (χ4n) is 2.60. The Morgan fingerprint density at radius 2 is 1.48 bits per heavy atom. The van der Waals surface area contributed by atoms with Gasteiger partial charge in [0.15, 0.2) is 0 Å². The molecule has 2 aromatic carbocycles. The molecule has 112 valence electrons. The lowest BCUT2D eigenvalue weighted by molar-refractivity contribution is 0.589. The van der Waals surface area contributed by atoms with Gasteiger partial charge >= 0.3 is 0 Å². The van der Waals surface area contributed by atoms with Crippen molar-refractivity contribution in [1.29, 1.82) is 0 Å². The summed E-state index contributed by atoms with van der Waals surface area (Å²) in [5.74, 6) is 0.395. The summed E-state index contributed by atoms with van der Waals surface area (Å²) in [5, 5.41) is 0. The van der Waals surface area contributed by atoms with E-state index in [2.05, 4.69) is 76.2 Å². The molecule has 21 heavy (non-hydrogen) atoms. The Morgan fingerprint density at radius 1 is 0.905 bits per heavy atom. The van der Waals surface area contributed by atoms with Gasteiger partial charge in [-0.25, -0.2) is 0 Å². The Balaban J connectivity index is 2.13. The van der Waals surface area contributed by atoms with Gasteiger partial charge in [-0.1, -0.05) is 74.9 Å². The van der Waals surface area contributed by atoms with Crippen molar-refractivity contribution in [2.24, 2.45) is 5.73 Å². The summed E-state index contributed by atoms with van der Waals surface area (Å²) < 4.78 is 0. The molecule has 0 spiro atoms. The van der Waals surface area contributed by atoms with Crippen LogP contribution in [0.4, 0.5) is 0 Å². The van der Waals surface area contributed by atoms with Crippen LogP contribution in [0.15, 0.2) is 48.5 Å². The highest BCUT2D eigenvalue weighted by molar-refractivity contribution is 5.31. The molecule has 0 radical (unpaired) electrons. The van der Waals surface area contributed by atoms with Crippen LogP contribution < -0.4 is 5.73 Å². The largest absolute Gasteiger partial charge is 0.330 e. The Kier molecular flexibility index (Phi) is 4.84. The second kappa shape index (κ2) is 6.44. The van der Waals surface area contributed by atoms with Crippen molar-refractivity contribution >= 4 is 0 Å². The summed E-state index contributed by atoms with van der Waals surface area (Å²) in [6.07, 6.45) is 1.00. The number of aryl methyl sites for hydroxylation is 1. The molecular weight excluding hydrogens is 254 g/mol. The van der Waals surface area contributed by atoms with Crippen LogP contribution in [0.25, 0.3) is 0 Å². The van der Waals surface area contributed by atoms with Crippen LogP contribution in [0, 0.1) is 6.92 Å². The molecule has 1 unspecified atom stereocenters. The molecule has 0 amide bonds. The van der Waals surface area contributed by atoms with Crippen molar-refractivity contribution in [3.8, 4) is 0 Å². The van der Waals surface area contributed by atoms with E-state index in [1.54, 1.807) is 0 Å². The number of rotatable bonds is 4. The minimum Gasteiger partial charge on any atom is -0.330 e. The fraction of sp³-hybridized carbons (Fsp3) is 0.400. The van der Waals surface area contributed by atoms with Crippen molar-refractivity contribution in [2.45, 2.75) is 45.4 Å². The maximum atomic E-state index is 5.99. The Hall–Kier alpha value is -1.60. The van der Waals surface area contributed by atoms with E-state index in [9.17, 15) is 0 Å². The zero-order valence-corrected chi connectivity index (χ0v) is 13.7. The van der Waals surface area contributed by atoms with Gasteiger partial charge in [0.05, 0.1) is 0 Å². The lowest BCUT2D eigenvalue weighted by atomic mass is 9.85. The van der Waals surface area contributed by atoms with Gasteiger partial charge < -0.3 is 5.73 Å². The summed E-state index contributed by atoms with van der Waals surface area (Å²) in [4.78, 5) is 0. The minimum absolute atomic E-state index is 0.211. The highest BCUT2D eigenvalue weighted by atomic mass is 14.5. The van der Waals surface area contributed by atoms with Gasteiger partial charge in [0.2, 0.25) is 0 Å². The van der Waals surface area contributed by atoms with E-state index >= 15 is 0 Å². The van der Waals surface area contributed by atoms with Crippen LogP contribution in [-0.2, 0) is 11.8 Å². The topological polar surface area (TPSA) is 26.0 Å². The number of hydrogen-bond donors (Lipinski definition) is 1. The first-order chi connectivity index (χ1) is 9.90. The lowest BCUT2D eigenvalue weighted by Gasteiger charge is -2.20. The molecule has 0 aliphatic carbocycles. The molecule has 0 bridgehead atoms. The van der Waals surface area contributed by atoms with Gasteiger partial charge in [0.1, 0.15) is 0 Å². The van der Waals surface area contributed by atoms with E-state index in [0.717, 1.165) is 6.42 Å². The van der Waals surface area contributed by atoms with Crippen molar-refractivity contribution in [3.05, 3.63) is 70.8 Å². The van der Waals surface area contributed by atoms with Crippen molar-refractivity contribution in [3.63, 3.8) is 0 Å². The monoisotopic (exact) mass is 281 g/mol. The van der Waals surface area contributed by atoms with Gasteiger partial charge in [-0.15, -0.1) is 0 Å². The average Bonchev–Trinajstić information content (AvgIpc) is 2.45. The van der Waals surface area contributed by atoms with Gasteiger partial charge in [0, 0.05) is 5.92 Å². The number of hydrogen-bond acceptors (Lipinski definition) is 1. The molecular formula is C20H27N. The molecule has 0 heterocycles. The third kappa shape index (κ3) is 4.18. The molecule has 1 nitrogen and oxygen atoms in total. The molecule has 0 aliphatic rings. The van der Waals surface area contributed by atoms with E-state index < -0.39 is 0 Å². The van der Waals surface area contributed by atoms with Crippen molar-refractivity contribution < 1.29 is 0 Å². The van der Waals surface area contributed by atoms with Crippen molar-refractivity contribution in [1.82, 2.24) is 0 Å². The molecule has 0 aliphatic heterocycles. The quantitative estimate of drug-likeness (QED) is 0.872. The highest BCUT2D eigenvalue weighted by Gasteiger charge is 2.14. The predicted molar refractivity (Wildman–Crippen MR) is 91.8 cm³/mol. The van der Waals surface area contributed by atoms with Gasteiger partial charge in [-0.05, 0) is 42.0 Å². The van der Waals surface area contributed by atoms with Gasteiger partial charge in [0.25, 0.3) is 0 Å². The summed E-state index contributed by atoms with van der Waals surface area (Å²) in [6.45, 7) is 9.54. The zero-order chi connectivity index (χ0) is 15.5. The first-order valence-corrected chi connectivity index (χ1v) is 7.76. The molecule has 2 N–H and O–H groups in total. The van der Waals surface area contributed by atoms with E-state index in [-0.39, 0.29) is 5.41 Å². The summed E-state index contributed by atoms with van der Waals surface area (Å²) in [7, 11) is 0. The maximum absolute atomic E-state index is 5.99. The Labute approximate surface area is 129 Å². The SMILES string of the molecule is Cc1ccc(C(CN)Cc2ccc(C(C)(C)C)cc2)cc1. The molecule has 0 saturated carbocycles. The third-order valence-electron chi connectivity index (χ3n) is 4.14. The smallest absolute Gasteiger partial charge is 0.000157 e. The molecule has 0 aromatic heterocycles. The molecule has 2 rings (SSSR count). The zero-order valence-electron chi connectivity index (χ0n) is 13.7. The van der Waals surface area contributed by atoms with Crippen LogP contribution in [0.5, 0.6) is 0 Å². The maximum Gasteiger partial charge on any atom is 0.000157 e. The van der Waals surface area contributed by atoms with Crippen LogP contribution in [0.2, 0.25) is 0 Å². The molecule has 0 saturated heterocycles. The molecule has 1 atom stereocenters. The van der Waals surface area contributed by atoms with Crippen molar-refractivity contribution in [2.75, 3.05) is 6.54 Å². The second-order valence-corrected chi connectivity index (χ2v) is 6.99. The predicted octanol–water partition coefficient (Wildman–Crippen LogP) is 4.58. The summed E-state index contributed by atoms with van der Waals surface area (Å²) >= 11 is 0. The van der Waals surface area contributed by atoms with E-state index in [0.29, 0.717) is 12.5 Å². The van der Waals surface area contributed by atoms with E-state index in [1.165, 1.54) is 22.3 Å². The number of nitrogens with two attached hydrogens (primary N) is 1. The average molecular weight is 281 g/mol. The molecule has 1 heteroatoms. The highest BCUT2D eigenvalue weighted by Crippen LogP contribution is 2.25. The Bertz CT molecular complexity index is 558. The third-order valence-corrected chi connectivity index (χ3v) is 4.14. The summed E-state index contributed by atoms with van der Waals surface area (Å²) in [6, 6.07) is 17.7. The number of benzene rings is 2.